The molecule has 0 bridgehead atoms. The average Bonchev–Trinajstić information content (AvgIpc) is 2.14. The Morgan fingerprint density at radius 3 is 2.69 bits per heavy atom. The first-order valence-electron chi connectivity index (χ1n) is 6.22. The van der Waals surface area contributed by atoms with Crippen LogP contribution in [0.25, 0.3) is 0 Å². The summed E-state index contributed by atoms with van der Waals surface area (Å²) in [6.45, 7) is 5.08. The third-order valence-electron chi connectivity index (χ3n) is 3.13. The molecule has 1 fully saturated rings. The first-order chi connectivity index (χ1) is 7.38. The molecule has 1 rings (SSSR count). The van der Waals surface area contributed by atoms with E-state index in [0.717, 1.165) is 12.2 Å². The fourth-order valence-electron chi connectivity index (χ4n) is 2.26. The predicted octanol–water partition coefficient (Wildman–Crippen LogP) is 1.35. The van der Waals surface area contributed by atoms with Crippen molar-refractivity contribution < 1.29 is 4.21 Å². The van der Waals surface area contributed by atoms with Crippen LogP contribution >= 0.6 is 0 Å². The van der Waals surface area contributed by atoms with Crippen LogP contribution in [0.1, 0.15) is 39.5 Å². The van der Waals surface area contributed by atoms with E-state index >= 15 is 0 Å². The summed E-state index contributed by atoms with van der Waals surface area (Å²) in [4.78, 5) is 2.41. The van der Waals surface area contributed by atoms with Gasteiger partial charge in [-0.25, -0.2) is 0 Å². The van der Waals surface area contributed by atoms with E-state index in [9.17, 15) is 4.21 Å². The molecule has 96 valence electrons. The highest BCUT2D eigenvalue weighted by molar-refractivity contribution is 7.85. The summed E-state index contributed by atoms with van der Waals surface area (Å²) in [5.74, 6) is 1.42. The number of hydrogen-bond acceptors (Lipinski definition) is 3. The van der Waals surface area contributed by atoms with Crippen molar-refractivity contribution >= 4 is 10.8 Å². The molecular weight excluding hydrogens is 220 g/mol. The van der Waals surface area contributed by atoms with Gasteiger partial charge in [-0.2, -0.15) is 0 Å². The van der Waals surface area contributed by atoms with Crippen LogP contribution in [0.2, 0.25) is 0 Å². The molecule has 0 spiro atoms. The number of nitrogens with two attached hydrogens (primary N) is 1. The van der Waals surface area contributed by atoms with Crippen LogP contribution in [0.15, 0.2) is 0 Å². The lowest BCUT2D eigenvalue weighted by Gasteiger charge is -2.32. The van der Waals surface area contributed by atoms with Gasteiger partial charge in [-0.05, 0) is 46.7 Å². The van der Waals surface area contributed by atoms with Crippen molar-refractivity contribution in [1.82, 2.24) is 4.90 Å². The standard InChI is InChI=1S/C12H26N2OS/c1-12(2,13)10-16(15)9-7-11-6-4-5-8-14(11)3/h11H,4-10,13H2,1-3H3. The van der Waals surface area contributed by atoms with Crippen LogP contribution in [-0.4, -0.2) is 45.8 Å². The zero-order valence-corrected chi connectivity index (χ0v) is 11.7. The van der Waals surface area contributed by atoms with Gasteiger partial charge in [0.25, 0.3) is 0 Å². The number of piperidine rings is 1. The van der Waals surface area contributed by atoms with E-state index in [1.807, 2.05) is 13.8 Å². The Hall–Kier alpha value is 0.0700. The van der Waals surface area contributed by atoms with Crippen LogP contribution < -0.4 is 5.73 Å². The minimum atomic E-state index is -0.758. The molecule has 1 aliphatic heterocycles. The van der Waals surface area contributed by atoms with E-state index in [1.165, 1.54) is 25.8 Å². The Morgan fingerprint density at radius 1 is 1.44 bits per heavy atom. The molecule has 2 atom stereocenters. The van der Waals surface area contributed by atoms with Gasteiger partial charge in [0.15, 0.2) is 0 Å². The zero-order chi connectivity index (χ0) is 12.2. The molecule has 1 heterocycles. The van der Waals surface area contributed by atoms with Gasteiger partial charge in [0.1, 0.15) is 0 Å². The molecule has 4 heteroatoms. The average molecular weight is 246 g/mol. The normalized spacial score (nSPS) is 25.6. The maximum atomic E-state index is 11.8. The molecule has 0 radical (unpaired) electrons. The van der Waals surface area contributed by atoms with Crippen molar-refractivity contribution in [3.63, 3.8) is 0 Å². The van der Waals surface area contributed by atoms with Gasteiger partial charge in [-0.1, -0.05) is 6.42 Å². The molecule has 0 saturated carbocycles. The highest BCUT2D eigenvalue weighted by atomic mass is 32.2. The fraction of sp³-hybridized carbons (Fsp3) is 1.00. The maximum absolute atomic E-state index is 11.8. The number of likely N-dealkylation sites (tertiary alicyclic amines) is 1. The fourth-order valence-corrected chi connectivity index (χ4v) is 3.77. The summed E-state index contributed by atoms with van der Waals surface area (Å²) in [7, 11) is 1.42. The van der Waals surface area contributed by atoms with Crippen molar-refractivity contribution in [2.24, 2.45) is 5.73 Å². The summed E-state index contributed by atoms with van der Waals surface area (Å²) in [6.07, 6.45) is 4.95. The van der Waals surface area contributed by atoms with Gasteiger partial charge < -0.3 is 10.6 Å². The molecule has 0 amide bonds. The summed E-state index contributed by atoms with van der Waals surface area (Å²) in [6, 6.07) is 0.638. The second kappa shape index (κ2) is 6.12. The lowest BCUT2D eigenvalue weighted by atomic mass is 10.0. The molecule has 2 N–H and O–H groups in total. The van der Waals surface area contributed by atoms with Gasteiger partial charge >= 0.3 is 0 Å². The highest BCUT2D eigenvalue weighted by Crippen LogP contribution is 2.18. The monoisotopic (exact) mass is 246 g/mol. The topological polar surface area (TPSA) is 46.3 Å². The van der Waals surface area contributed by atoms with Crippen molar-refractivity contribution in [2.45, 2.75) is 51.1 Å². The van der Waals surface area contributed by atoms with Crippen molar-refractivity contribution in [3.05, 3.63) is 0 Å². The molecule has 16 heavy (non-hydrogen) atoms. The third kappa shape index (κ3) is 5.41. The molecule has 3 nitrogen and oxygen atoms in total. The number of hydrogen-bond donors (Lipinski definition) is 1. The maximum Gasteiger partial charge on any atom is 0.0409 e. The van der Waals surface area contributed by atoms with E-state index in [0.29, 0.717) is 11.8 Å². The molecule has 1 aliphatic rings. The van der Waals surface area contributed by atoms with E-state index in [-0.39, 0.29) is 5.54 Å². The lowest BCUT2D eigenvalue weighted by molar-refractivity contribution is 0.182. The SMILES string of the molecule is CN1CCCCC1CCS(=O)CC(C)(C)N. The Kier molecular flexibility index (Phi) is 5.41. The van der Waals surface area contributed by atoms with Crippen molar-refractivity contribution in [2.75, 3.05) is 25.1 Å². The van der Waals surface area contributed by atoms with Gasteiger partial charge in [0.2, 0.25) is 0 Å². The third-order valence-corrected chi connectivity index (χ3v) is 4.89. The quantitative estimate of drug-likeness (QED) is 0.796. The van der Waals surface area contributed by atoms with Gasteiger partial charge in [-0.3, -0.25) is 4.21 Å². The van der Waals surface area contributed by atoms with E-state index < -0.39 is 10.8 Å². The van der Waals surface area contributed by atoms with Gasteiger partial charge in [0, 0.05) is 33.9 Å². The molecular formula is C12H26N2OS. The van der Waals surface area contributed by atoms with E-state index in [2.05, 4.69) is 11.9 Å². The largest absolute Gasteiger partial charge is 0.325 e. The minimum absolute atomic E-state index is 0.302. The van der Waals surface area contributed by atoms with Crippen LogP contribution in [0.5, 0.6) is 0 Å². The van der Waals surface area contributed by atoms with Gasteiger partial charge in [0.05, 0.1) is 0 Å². The van der Waals surface area contributed by atoms with Crippen LogP contribution in [0.4, 0.5) is 0 Å². The predicted molar refractivity (Wildman–Crippen MR) is 71.0 cm³/mol. The first kappa shape index (κ1) is 14.1. The Labute approximate surface area is 102 Å². The smallest absolute Gasteiger partial charge is 0.0409 e. The first-order valence-corrected chi connectivity index (χ1v) is 7.71. The van der Waals surface area contributed by atoms with Crippen molar-refractivity contribution in [3.8, 4) is 0 Å². The molecule has 0 aromatic carbocycles. The number of nitrogens with zero attached hydrogens (tertiary/aromatic N) is 1. The van der Waals surface area contributed by atoms with E-state index in [1.54, 1.807) is 0 Å². The molecule has 0 aliphatic carbocycles. The van der Waals surface area contributed by atoms with Crippen LogP contribution in [-0.2, 0) is 10.8 Å². The van der Waals surface area contributed by atoms with Crippen molar-refractivity contribution in [1.29, 1.82) is 0 Å². The minimum Gasteiger partial charge on any atom is -0.325 e. The Morgan fingerprint density at radius 2 is 2.12 bits per heavy atom. The van der Waals surface area contributed by atoms with Crippen LogP contribution in [0.3, 0.4) is 0 Å². The second-order valence-corrected chi connectivity index (χ2v) is 7.27. The Balaban J connectivity index is 2.25. The lowest BCUT2D eigenvalue weighted by Crippen LogP contribution is -2.40. The van der Waals surface area contributed by atoms with E-state index in [4.69, 9.17) is 5.73 Å². The summed E-state index contributed by atoms with van der Waals surface area (Å²) in [5.41, 5.74) is 5.57. The molecule has 1 saturated heterocycles. The number of rotatable bonds is 5. The summed E-state index contributed by atoms with van der Waals surface area (Å²) in [5, 5.41) is 0. The summed E-state index contributed by atoms with van der Waals surface area (Å²) < 4.78 is 11.8. The second-order valence-electron chi connectivity index (χ2n) is 5.70. The molecule has 2 unspecified atom stereocenters. The van der Waals surface area contributed by atoms with Gasteiger partial charge in [-0.15, -0.1) is 0 Å². The molecule has 0 aromatic heterocycles. The zero-order valence-electron chi connectivity index (χ0n) is 10.9. The highest BCUT2D eigenvalue weighted by Gasteiger charge is 2.21. The van der Waals surface area contributed by atoms with Crippen LogP contribution in [0, 0.1) is 0 Å². The Bertz CT molecular complexity index is 238. The summed E-state index contributed by atoms with van der Waals surface area (Å²) >= 11 is 0. The molecule has 0 aromatic rings.